The van der Waals surface area contributed by atoms with Crippen LogP contribution in [-0.4, -0.2) is 39.6 Å². The molecule has 5 nitrogen and oxygen atoms in total. The van der Waals surface area contributed by atoms with Gasteiger partial charge < -0.3 is 23.9 Å². The average molecular weight is 283 g/mol. The highest BCUT2D eigenvalue weighted by atomic mass is 16.5. The van der Waals surface area contributed by atoms with E-state index in [1.54, 1.807) is 13.4 Å². The Kier molecular flexibility index (Phi) is 7.08. The van der Waals surface area contributed by atoms with Gasteiger partial charge >= 0.3 is 0 Å². The number of hydrogen-bond acceptors (Lipinski definition) is 5. The molecule has 0 spiro atoms. The van der Waals surface area contributed by atoms with Crippen molar-refractivity contribution in [1.82, 2.24) is 5.32 Å². The zero-order valence-corrected chi connectivity index (χ0v) is 12.2. The molecule has 5 heteroatoms. The molecule has 1 aromatic rings. The fraction of sp³-hybridized carbons (Fsp3) is 0.733. The van der Waals surface area contributed by atoms with Crippen LogP contribution in [0, 0.1) is 0 Å². The molecule has 1 saturated carbocycles. The lowest BCUT2D eigenvalue weighted by atomic mass is 10.2. The van der Waals surface area contributed by atoms with E-state index < -0.39 is 0 Å². The molecule has 0 radical (unpaired) electrons. The summed E-state index contributed by atoms with van der Waals surface area (Å²) in [5.41, 5.74) is 1.14. The van der Waals surface area contributed by atoms with Gasteiger partial charge in [-0.25, -0.2) is 0 Å². The summed E-state index contributed by atoms with van der Waals surface area (Å²) in [7, 11) is 1.67. The van der Waals surface area contributed by atoms with Crippen LogP contribution in [-0.2, 0) is 27.4 Å². The first-order chi connectivity index (χ1) is 9.90. The molecule has 0 unspecified atom stereocenters. The van der Waals surface area contributed by atoms with Gasteiger partial charge in [0.2, 0.25) is 0 Å². The van der Waals surface area contributed by atoms with Crippen molar-refractivity contribution in [2.24, 2.45) is 0 Å². The van der Waals surface area contributed by atoms with E-state index in [1.807, 2.05) is 6.07 Å². The Morgan fingerprint density at radius 3 is 2.85 bits per heavy atom. The van der Waals surface area contributed by atoms with Gasteiger partial charge in [-0.15, -0.1) is 0 Å². The van der Waals surface area contributed by atoms with Crippen LogP contribution >= 0.6 is 0 Å². The third-order valence-electron chi connectivity index (χ3n) is 3.23. The number of methoxy groups -OCH3 is 1. The van der Waals surface area contributed by atoms with E-state index in [0.29, 0.717) is 39.1 Å². The van der Waals surface area contributed by atoms with Crippen molar-refractivity contribution in [3.63, 3.8) is 0 Å². The van der Waals surface area contributed by atoms with E-state index in [4.69, 9.17) is 18.6 Å². The molecule has 2 rings (SSSR count). The van der Waals surface area contributed by atoms with Crippen molar-refractivity contribution in [1.29, 1.82) is 0 Å². The number of rotatable bonds is 12. The van der Waals surface area contributed by atoms with Crippen molar-refractivity contribution in [2.75, 3.05) is 33.5 Å². The summed E-state index contributed by atoms with van der Waals surface area (Å²) in [5, 5.41) is 3.45. The second-order valence-corrected chi connectivity index (χ2v) is 5.04. The summed E-state index contributed by atoms with van der Waals surface area (Å²) >= 11 is 0. The van der Waals surface area contributed by atoms with E-state index in [-0.39, 0.29) is 0 Å². The Labute approximate surface area is 120 Å². The highest BCUT2D eigenvalue weighted by molar-refractivity contribution is 5.16. The van der Waals surface area contributed by atoms with Gasteiger partial charge in [0.25, 0.3) is 0 Å². The molecule has 1 heterocycles. The molecule has 1 aliphatic carbocycles. The maximum Gasteiger partial charge on any atom is 0.123 e. The van der Waals surface area contributed by atoms with Crippen molar-refractivity contribution in [3.05, 3.63) is 23.7 Å². The van der Waals surface area contributed by atoms with E-state index in [1.165, 1.54) is 12.8 Å². The van der Waals surface area contributed by atoms with Crippen LogP contribution in [0.4, 0.5) is 0 Å². The largest absolute Gasteiger partial charge is 0.468 e. The maximum atomic E-state index is 5.65. The first-order valence-electron chi connectivity index (χ1n) is 7.33. The predicted octanol–water partition coefficient (Wildman–Crippen LogP) is 2.10. The fourth-order valence-corrected chi connectivity index (χ4v) is 1.86. The van der Waals surface area contributed by atoms with Crippen molar-refractivity contribution in [3.8, 4) is 0 Å². The van der Waals surface area contributed by atoms with E-state index in [0.717, 1.165) is 24.3 Å². The summed E-state index contributed by atoms with van der Waals surface area (Å²) in [5.74, 6) is 0.994. The maximum absolute atomic E-state index is 5.65. The number of nitrogens with one attached hydrogen (secondary N) is 1. The van der Waals surface area contributed by atoms with Crippen LogP contribution in [0.2, 0.25) is 0 Å². The Bertz CT molecular complexity index is 363. The normalized spacial score (nSPS) is 14.8. The smallest absolute Gasteiger partial charge is 0.123 e. The molecule has 0 bridgehead atoms. The minimum Gasteiger partial charge on any atom is -0.468 e. The Morgan fingerprint density at radius 2 is 2.05 bits per heavy atom. The summed E-state index contributed by atoms with van der Waals surface area (Å²) < 4.78 is 21.4. The van der Waals surface area contributed by atoms with E-state index in [2.05, 4.69) is 5.32 Å². The van der Waals surface area contributed by atoms with Crippen LogP contribution < -0.4 is 5.32 Å². The molecule has 0 amide bonds. The summed E-state index contributed by atoms with van der Waals surface area (Å²) in [6.07, 6.45) is 5.21. The van der Waals surface area contributed by atoms with Crippen LogP contribution in [0.25, 0.3) is 0 Å². The minimum absolute atomic E-state index is 0.607. The molecule has 1 fully saturated rings. The first-order valence-corrected chi connectivity index (χ1v) is 7.33. The first kappa shape index (κ1) is 15.5. The van der Waals surface area contributed by atoms with Gasteiger partial charge in [0.15, 0.2) is 0 Å². The van der Waals surface area contributed by atoms with Gasteiger partial charge in [-0.3, -0.25) is 0 Å². The van der Waals surface area contributed by atoms with Crippen molar-refractivity contribution in [2.45, 2.75) is 38.5 Å². The molecule has 1 aromatic heterocycles. The predicted molar refractivity (Wildman–Crippen MR) is 75.5 cm³/mol. The van der Waals surface area contributed by atoms with E-state index in [9.17, 15) is 0 Å². The summed E-state index contributed by atoms with van der Waals surface area (Å²) in [4.78, 5) is 0. The van der Waals surface area contributed by atoms with Gasteiger partial charge in [-0.05, 0) is 25.3 Å². The van der Waals surface area contributed by atoms with Crippen LogP contribution in [0.1, 0.15) is 30.6 Å². The molecular weight excluding hydrogens is 258 g/mol. The second kappa shape index (κ2) is 9.13. The van der Waals surface area contributed by atoms with Gasteiger partial charge in [0, 0.05) is 31.9 Å². The zero-order valence-electron chi connectivity index (χ0n) is 12.2. The summed E-state index contributed by atoms with van der Waals surface area (Å²) in [6, 6.07) is 2.68. The Morgan fingerprint density at radius 1 is 1.20 bits per heavy atom. The molecule has 0 aromatic carbocycles. The lowest BCUT2D eigenvalue weighted by Gasteiger charge is -2.06. The van der Waals surface area contributed by atoms with Gasteiger partial charge in [0.05, 0.1) is 32.6 Å². The lowest BCUT2D eigenvalue weighted by molar-refractivity contribution is 0.0481. The van der Waals surface area contributed by atoms with Gasteiger partial charge in [0.1, 0.15) is 5.76 Å². The minimum atomic E-state index is 0.607. The van der Waals surface area contributed by atoms with E-state index >= 15 is 0 Å². The molecular formula is C15H25NO4. The number of ether oxygens (including phenoxy) is 3. The molecule has 0 saturated heterocycles. The van der Waals surface area contributed by atoms with Gasteiger partial charge in [-0.2, -0.15) is 0 Å². The third kappa shape index (κ3) is 6.05. The number of hydrogen-bond donors (Lipinski definition) is 1. The summed E-state index contributed by atoms with van der Waals surface area (Å²) in [6.45, 7) is 4.12. The molecule has 20 heavy (non-hydrogen) atoms. The lowest BCUT2D eigenvalue weighted by Crippen LogP contribution is -2.16. The van der Waals surface area contributed by atoms with Gasteiger partial charge in [-0.1, -0.05) is 0 Å². The SMILES string of the molecule is COCCOCCCOCc1ccoc1CNC1CC1. The topological polar surface area (TPSA) is 52.9 Å². The molecule has 1 N–H and O–H groups in total. The fourth-order valence-electron chi connectivity index (χ4n) is 1.86. The Hall–Kier alpha value is -0.880. The standard InChI is InChI=1S/C15H25NO4/c1-17-9-10-18-6-2-7-19-12-13-5-8-20-15(13)11-16-14-3-4-14/h5,8,14,16H,2-4,6-7,9-12H2,1H3. The van der Waals surface area contributed by atoms with Crippen molar-refractivity contribution >= 4 is 0 Å². The van der Waals surface area contributed by atoms with Crippen LogP contribution in [0.5, 0.6) is 0 Å². The monoisotopic (exact) mass is 283 g/mol. The second-order valence-electron chi connectivity index (χ2n) is 5.04. The van der Waals surface area contributed by atoms with Crippen LogP contribution in [0.15, 0.2) is 16.7 Å². The third-order valence-corrected chi connectivity index (χ3v) is 3.23. The highest BCUT2D eigenvalue weighted by Crippen LogP contribution is 2.20. The Balaban J connectivity index is 1.51. The van der Waals surface area contributed by atoms with Crippen molar-refractivity contribution < 1.29 is 18.6 Å². The molecule has 0 atom stereocenters. The molecule has 0 aliphatic heterocycles. The zero-order chi connectivity index (χ0) is 14.0. The average Bonchev–Trinajstić information content (AvgIpc) is 3.19. The highest BCUT2D eigenvalue weighted by Gasteiger charge is 2.21. The quantitative estimate of drug-likeness (QED) is 0.595. The van der Waals surface area contributed by atoms with Crippen LogP contribution in [0.3, 0.4) is 0 Å². The number of furan rings is 1. The molecule has 114 valence electrons. The molecule has 1 aliphatic rings.